The Morgan fingerprint density at radius 1 is 1.54 bits per heavy atom. The van der Waals surface area contributed by atoms with E-state index in [2.05, 4.69) is 14.1 Å². The lowest BCUT2D eigenvalue weighted by molar-refractivity contribution is -0.113. The Balaban J connectivity index is 2.82. The number of carbonyl (C=O) groups is 2. The van der Waals surface area contributed by atoms with E-state index in [0.29, 0.717) is 0 Å². The lowest BCUT2D eigenvalue weighted by atomic mass is 10.4. The quantitative estimate of drug-likeness (QED) is 0.690. The van der Waals surface area contributed by atoms with E-state index in [1.165, 1.54) is 0 Å². The van der Waals surface area contributed by atoms with Gasteiger partial charge >= 0.3 is 0 Å². The zero-order chi connectivity index (χ0) is 9.84. The van der Waals surface area contributed by atoms with E-state index in [0.717, 1.165) is 11.7 Å². The van der Waals surface area contributed by atoms with Crippen LogP contribution in [0.5, 0.6) is 0 Å². The Labute approximate surface area is 82.4 Å². The molecule has 70 valence electrons. The van der Waals surface area contributed by atoms with Crippen molar-refractivity contribution in [2.75, 3.05) is 11.2 Å². The number of carbonyl (C=O) groups excluding carboxylic acids is 2. The van der Waals surface area contributed by atoms with Gasteiger partial charge in [-0.1, -0.05) is 0 Å². The predicted molar refractivity (Wildman–Crippen MR) is 47.8 cm³/mol. The first-order valence-electron chi connectivity index (χ1n) is 3.13. The molecule has 0 aliphatic carbocycles. The highest BCUT2D eigenvalue weighted by Gasteiger charge is 2.14. The molecule has 0 fully saturated rings. The maximum Gasteiger partial charge on any atom is 0.272 e. The summed E-state index contributed by atoms with van der Waals surface area (Å²) in [7, 11) is 0. The molecular formula is C5H5ClN4O2S. The van der Waals surface area contributed by atoms with Gasteiger partial charge in [-0.3, -0.25) is 9.59 Å². The number of nitrogens with zero attached hydrogens (tertiary/aromatic N) is 2. The molecule has 3 N–H and O–H groups in total. The Bertz CT molecular complexity index is 339. The second-order valence-electron chi connectivity index (χ2n) is 2.01. The molecule has 1 aromatic rings. The van der Waals surface area contributed by atoms with Gasteiger partial charge in [0.1, 0.15) is 5.88 Å². The van der Waals surface area contributed by atoms with Crippen molar-refractivity contribution in [3.8, 4) is 0 Å². The fourth-order valence-corrected chi connectivity index (χ4v) is 1.18. The number of hydrogen-bond donors (Lipinski definition) is 2. The Kier molecular flexibility index (Phi) is 3.15. The van der Waals surface area contributed by atoms with Crippen molar-refractivity contribution in [3.05, 3.63) is 5.69 Å². The van der Waals surface area contributed by atoms with Crippen LogP contribution in [0.4, 0.5) is 5.82 Å². The van der Waals surface area contributed by atoms with Crippen molar-refractivity contribution in [2.24, 2.45) is 5.73 Å². The third-order valence-electron chi connectivity index (χ3n) is 1.10. The van der Waals surface area contributed by atoms with Gasteiger partial charge in [-0.05, 0) is 0 Å². The highest BCUT2D eigenvalue weighted by molar-refractivity contribution is 6.99. The third kappa shape index (κ3) is 2.36. The number of nitrogens with two attached hydrogens (primary N) is 1. The molecule has 0 aliphatic rings. The van der Waals surface area contributed by atoms with E-state index >= 15 is 0 Å². The number of hydrogen-bond acceptors (Lipinski definition) is 5. The minimum absolute atomic E-state index is 0.0523. The highest BCUT2D eigenvalue weighted by atomic mass is 35.5. The third-order valence-corrected chi connectivity index (χ3v) is 1.87. The number of rotatable bonds is 3. The van der Waals surface area contributed by atoms with E-state index in [9.17, 15) is 9.59 Å². The Morgan fingerprint density at radius 2 is 2.23 bits per heavy atom. The Morgan fingerprint density at radius 3 is 2.77 bits per heavy atom. The molecule has 0 saturated heterocycles. The van der Waals surface area contributed by atoms with Gasteiger partial charge in [0.2, 0.25) is 5.91 Å². The van der Waals surface area contributed by atoms with Crippen molar-refractivity contribution in [1.29, 1.82) is 0 Å². The fourth-order valence-electron chi connectivity index (χ4n) is 0.598. The molecule has 1 rings (SSSR count). The summed E-state index contributed by atoms with van der Waals surface area (Å²) in [5.74, 6) is -1.35. The van der Waals surface area contributed by atoms with Gasteiger partial charge in [-0.25, -0.2) is 0 Å². The first-order valence-corrected chi connectivity index (χ1v) is 4.39. The molecule has 0 saturated carbocycles. The van der Waals surface area contributed by atoms with Crippen LogP contribution >= 0.6 is 23.3 Å². The number of halogens is 1. The second kappa shape index (κ2) is 4.15. The molecule has 6 nitrogen and oxygen atoms in total. The topological polar surface area (TPSA) is 98.0 Å². The van der Waals surface area contributed by atoms with Crippen molar-refractivity contribution < 1.29 is 9.59 Å². The molecule has 0 atom stereocenters. The summed E-state index contributed by atoms with van der Waals surface area (Å²) in [6.45, 7) is 0. The van der Waals surface area contributed by atoms with Gasteiger partial charge in [0.15, 0.2) is 11.5 Å². The zero-order valence-corrected chi connectivity index (χ0v) is 7.85. The largest absolute Gasteiger partial charge is 0.364 e. The molecule has 0 bridgehead atoms. The zero-order valence-electron chi connectivity index (χ0n) is 6.28. The van der Waals surface area contributed by atoms with Gasteiger partial charge in [0.05, 0.1) is 11.7 Å². The molecule has 0 radical (unpaired) electrons. The maximum absolute atomic E-state index is 10.8. The Hall–Kier alpha value is -1.21. The predicted octanol–water partition coefficient (Wildman–Crippen LogP) is -0.186. The summed E-state index contributed by atoms with van der Waals surface area (Å²) >= 11 is 6.02. The molecular weight excluding hydrogens is 216 g/mol. The summed E-state index contributed by atoms with van der Waals surface area (Å²) < 4.78 is 7.27. The standard InChI is InChI=1S/C5H5ClN4O2S/c6-1-2(11)8-5-3(4(7)12)9-13-10-5/h1H2,(H2,7,12)(H,8,10,11). The van der Waals surface area contributed by atoms with Gasteiger partial charge in [-0.2, -0.15) is 8.75 Å². The summed E-state index contributed by atoms with van der Waals surface area (Å²) in [6, 6.07) is 0. The fraction of sp³-hybridized carbons (Fsp3) is 0.200. The van der Waals surface area contributed by atoms with Crippen LogP contribution in [0.25, 0.3) is 0 Å². The van der Waals surface area contributed by atoms with E-state index in [4.69, 9.17) is 17.3 Å². The van der Waals surface area contributed by atoms with Crippen LogP contribution in [-0.2, 0) is 4.79 Å². The molecule has 1 heterocycles. The average Bonchev–Trinajstić information content (AvgIpc) is 2.52. The molecule has 0 spiro atoms. The first kappa shape index (κ1) is 9.87. The minimum atomic E-state index is -0.737. The van der Waals surface area contributed by atoms with Gasteiger partial charge < -0.3 is 11.1 Å². The average molecular weight is 221 g/mol. The maximum atomic E-state index is 10.8. The lowest BCUT2D eigenvalue weighted by Crippen LogP contribution is -2.18. The van der Waals surface area contributed by atoms with Crippen molar-refractivity contribution >= 4 is 41.0 Å². The van der Waals surface area contributed by atoms with Crippen LogP contribution in [0, 0.1) is 0 Å². The first-order chi connectivity index (χ1) is 6.15. The van der Waals surface area contributed by atoms with E-state index < -0.39 is 11.8 Å². The summed E-state index contributed by atoms with van der Waals surface area (Å²) in [4.78, 5) is 21.5. The number of alkyl halides is 1. The summed E-state index contributed by atoms with van der Waals surface area (Å²) in [5.41, 5.74) is 4.90. The minimum Gasteiger partial charge on any atom is -0.364 e. The van der Waals surface area contributed by atoms with E-state index in [1.54, 1.807) is 0 Å². The number of primary amides is 1. The number of nitrogens with one attached hydrogen (secondary N) is 1. The van der Waals surface area contributed by atoms with E-state index in [1.807, 2.05) is 0 Å². The normalized spacial score (nSPS) is 9.62. The molecule has 0 aliphatic heterocycles. The highest BCUT2D eigenvalue weighted by Crippen LogP contribution is 2.10. The molecule has 2 amide bonds. The SMILES string of the molecule is NC(=O)c1nsnc1NC(=O)CCl. The van der Waals surface area contributed by atoms with Crippen LogP contribution in [-0.4, -0.2) is 26.4 Å². The number of anilines is 1. The molecule has 8 heteroatoms. The van der Waals surface area contributed by atoms with Crippen LogP contribution in [0.1, 0.15) is 10.5 Å². The second-order valence-corrected chi connectivity index (χ2v) is 2.80. The molecule has 1 aromatic heterocycles. The summed E-state index contributed by atoms with van der Waals surface area (Å²) in [5, 5.41) is 2.29. The van der Waals surface area contributed by atoms with Gasteiger partial charge in [0.25, 0.3) is 5.91 Å². The van der Waals surface area contributed by atoms with Crippen molar-refractivity contribution in [3.63, 3.8) is 0 Å². The van der Waals surface area contributed by atoms with Crippen LogP contribution in [0.2, 0.25) is 0 Å². The van der Waals surface area contributed by atoms with E-state index in [-0.39, 0.29) is 17.4 Å². The summed E-state index contributed by atoms with van der Waals surface area (Å²) in [6.07, 6.45) is 0. The van der Waals surface area contributed by atoms with Gasteiger partial charge in [-0.15, -0.1) is 11.6 Å². The monoisotopic (exact) mass is 220 g/mol. The van der Waals surface area contributed by atoms with Crippen molar-refractivity contribution in [1.82, 2.24) is 8.75 Å². The van der Waals surface area contributed by atoms with Gasteiger partial charge in [0, 0.05) is 0 Å². The molecule has 0 aromatic carbocycles. The van der Waals surface area contributed by atoms with Crippen molar-refractivity contribution in [2.45, 2.75) is 0 Å². The number of aromatic nitrogens is 2. The molecule has 13 heavy (non-hydrogen) atoms. The van der Waals surface area contributed by atoms with Crippen LogP contribution < -0.4 is 11.1 Å². The van der Waals surface area contributed by atoms with Crippen LogP contribution in [0.15, 0.2) is 0 Å². The number of amides is 2. The van der Waals surface area contributed by atoms with Crippen LogP contribution in [0.3, 0.4) is 0 Å². The lowest BCUT2D eigenvalue weighted by Gasteiger charge is -1.97. The smallest absolute Gasteiger partial charge is 0.272 e. The molecule has 0 unspecified atom stereocenters.